The third-order valence-corrected chi connectivity index (χ3v) is 5.39. The highest BCUT2D eigenvalue weighted by Crippen LogP contribution is 2.36. The average Bonchev–Trinajstić information content (AvgIpc) is 3.16. The number of benzene rings is 2. The van der Waals surface area contributed by atoms with Gasteiger partial charge in [0.05, 0.1) is 11.0 Å². The Morgan fingerprint density at radius 3 is 2.59 bits per heavy atom. The van der Waals surface area contributed by atoms with Crippen LogP contribution in [0.3, 0.4) is 0 Å². The van der Waals surface area contributed by atoms with Gasteiger partial charge in [0.15, 0.2) is 0 Å². The molecule has 1 aromatic heterocycles. The van der Waals surface area contributed by atoms with E-state index in [0.717, 1.165) is 33.7 Å². The molecule has 0 spiro atoms. The Morgan fingerprint density at radius 2 is 1.89 bits per heavy atom. The Labute approximate surface area is 160 Å². The summed E-state index contributed by atoms with van der Waals surface area (Å²) >= 11 is 0. The van der Waals surface area contributed by atoms with Crippen LogP contribution in [0.2, 0.25) is 0 Å². The molecule has 1 saturated heterocycles. The van der Waals surface area contributed by atoms with Crippen molar-refractivity contribution in [3.63, 3.8) is 0 Å². The number of carbonyl (C=O) groups is 1. The van der Waals surface area contributed by atoms with Crippen LogP contribution in [-0.2, 0) is 11.3 Å². The molecule has 3 aromatic rings. The minimum Gasteiger partial charge on any atom is -0.324 e. The number of carbonyl (C=O) groups excluding carboxylic acids is 1. The van der Waals surface area contributed by atoms with Gasteiger partial charge in [0.2, 0.25) is 5.91 Å². The van der Waals surface area contributed by atoms with Crippen LogP contribution < -0.4 is 4.90 Å². The van der Waals surface area contributed by atoms with E-state index in [0.29, 0.717) is 19.5 Å². The van der Waals surface area contributed by atoms with Crippen LogP contribution in [0.1, 0.15) is 34.9 Å². The number of nitrogens with zero attached hydrogens (tertiary/aromatic N) is 3. The number of para-hydroxylation sites is 2. The molecule has 27 heavy (non-hydrogen) atoms. The minimum absolute atomic E-state index is 0.0879. The molecule has 0 N–H and O–H groups in total. The number of rotatable bonds is 4. The van der Waals surface area contributed by atoms with Crippen molar-refractivity contribution in [2.24, 2.45) is 0 Å². The maximum Gasteiger partial charge on any atom is 0.227 e. The zero-order valence-electron chi connectivity index (χ0n) is 16.2. The molecule has 138 valence electrons. The van der Waals surface area contributed by atoms with Crippen LogP contribution in [0.5, 0.6) is 0 Å². The summed E-state index contributed by atoms with van der Waals surface area (Å²) in [5, 5.41) is 0. The van der Waals surface area contributed by atoms with E-state index >= 15 is 0 Å². The molecule has 1 aliphatic heterocycles. The molecule has 4 rings (SSSR count). The van der Waals surface area contributed by atoms with Gasteiger partial charge in [-0.3, -0.25) is 4.79 Å². The standard InChI is InChI=1S/C23H25N3O/c1-5-10-25-20-9-7-6-8-19(20)24-23(25)18-13-21(27)26(14-18)22-16(3)11-15(2)12-17(22)4/h5-9,11-12,18H,1,10,13-14H2,2-4H3. The van der Waals surface area contributed by atoms with Crippen molar-refractivity contribution in [1.29, 1.82) is 0 Å². The summed E-state index contributed by atoms with van der Waals surface area (Å²) in [6.07, 6.45) is 2.38. The zero-order valence-corrected chi connectivity index (χ0v) is 16.2. The van der Waals surface area contributed by atoms with Crippen LogP contribution >= 0.6 is 0 Å². The van der Waals surface area contributed by atoms with Crippen molar-refractivity contribution in [1.82, 2.24) is 9.55 Å². The van der Waals surface area contributed by atoms with E-state index in [4.69, 9.17) is 4.98 Å². The van der Waals surface area contributed by atoms with E-state index in [1.54, 1.807) is 0 Å². The maximum absolute atomic E-state index is 12.9. The van der Waals surface area contributed by atoms with Crippen LogP contribution in [0.15, 0.2) is 49.1 Å². The smallest absolute Gasteiger partial charge is 0.227 e. The highest BCUT2D eigenvalue weighted by molar-refractivity contribution is 5.98. The third-order valence-electron chi connectivity index (χ3n) is 5.39. The summed E-state index contributed by atoms with van der Waals surface area (Å²) < 4.78 is 2.19. The highest BCUT2D eigenvalue weighted by Gasteiger charge is 2.35. The van der Waals surface area contributed by atoms with Crippen LogP contribution in [0.4, 0.5) is 5.69 Å². The number of anilines is 1. The molecule has 1 atom stereocenters. The number of aryl methyl sites for hydroxylation is 3. The van der Waals surface area contributed by atoms with Crippen molar-refractivity contribution >= 4 is 22.6 Å². The first-order valence-corrected chi connectivity index (χ1v) is 9.44. The predicted molar refractivity (Wildman–Crippen MR) is 110 cm³/mol. The molecule has 1 amide bonds. The Morgan fingerprint density at radius 1 is 1.19 bits per heavy atom. The van der Waals surface area contributed by atoms with Gasteiger partial charge in [-0.1, -0.05) is 35.9 Å². The number of allylic oxidation sites excluding steroid dienone is 1. The van der Waals surface area contributed by atoms with Gasteiger partial charge in [0, 0.05) is 31.1 Å². The molecule has 0 bridgehead atoms. The fraction of sp³-hybridized carbons (Fsp3) is 0.304. The molecule has 0 saturated carbocycles. The molecule has 2 aromatic carbocycles. The predicted octanol–water partition coefficient (Wildman–Crippen LogP) is 4.67. The average molecular weight is 359 g/mol. The second-order valence-corrected chi connectivity index (χ2v) is 7.51. The van der Waals surface area contributed by atoms with Crippen molar-refractivity contribution in [2.45, 2.75) is 39.7 Å². The lowest BCUT2D eigenvalue weighted by molar-refractivity contribution is -0.117. The van der Waals surface area contributed by atoms with E-state index in [1.165, 1.54) is 5.56 Å². The first-order chi connectivity index (χ1) is 13.0. The second-order valence-electron chi connectivity index (χ2n) is 7.51. The third kappa shape index (κ3) is 2.95. The largest absolute Gasteiger partial charge is 0.324 e. The van der Waals surface area contributed by atoms with E-state index in [9.17, 15) is 4.79 Å². The number of imidazole rings is 1. The van der Waals surface area contributed by atoms with E-state index < -0.39 is 0 Å². The van der Waals surface area contributed by atoms with Gasteiger partial charge in [-0.2, -0.15) is 0 Å². The lowest BCUT2D eigenvalue weighted by Gasteiger charge is -2.22. The lowest BCUT2D eigenvalue weighted by Crippen LogP contribution is -2.26. The monoisotopic (exact) mass is 359 g/mol. The van der Waals surface area contributed by atoms with Crippen LogP contribution in [0, 0.1) is 20.8 Å². The summed E-state index contributed by atoms with van der Waals surface area (Å²) in [5.74, 6) is 1.24. The molecule has 4 heteroatoms. The Hall–Kier alpha value is -2.88. The van der Waals surface area contributed by atoms with Gasteiger partial charge in [0.25, 0.3) is 0 Å². The second kappa shape index (κ2) is 6.69. The lowest BCUT2D eigenvalue weighted by atomic mass is 10.0. The quantitative estimate of drug-likeness (QED) is 0.635. The summed E-state index contributed by atoms with van der Waals surface area (Å²) in [6.45, 7) is 11.5. The summed E-state index contributed by atoms with van der Waals surface area (Å²) in [4.78, 5) is 19.7. The van der Waals surface area contributed by atoms with Crippen molar-refractivity contribution in [2.75, 3.05) is 11.4 Å². The first kappa shape index (κ1) is 17.5. The minimum atomic E-state index is 0.0879. The molecule has 1 unspecified atom stereocenters. The molecule has 2 heterocycles. The fourth-order valence-electron chi connectivity index (χ4n) is 4.42. The topological polar surface area (TPSA) is 38.1 Å². The number of fused-ring (bicyclic) bond motifs is 1. The Kier molecular flexibility index (Phi) is 4.34. The molecule has 1 aliphatic rings. The SMILES string of the molecule is C=CCn1c(C2CC(=O)N(c3c(C)cc(C)cc3C)C2)nc2ccccc21. The first-order valence-electron chi connectivity index (χ1n) is 9.44. The fourth-order valence-corrected chi connectivity index (χ4v) is 4.42. The normalized spacial score (nSPS) is 17.1. The summed E-state index contributed by atoms with van der Waals surface area (Å²) in [5.41, 5.74) is 6.66. The van der Waals surface area contributed by atoms with Gasteiger partial charge in [-0.25, -0.2) is 4.98 Å². The molecule has 0 aliphatic carbocycles. The number of hydrogen-bond acceptors (Lipinski definition) is 2. The van der Waals surface area contributed by atoms with E-state index in [1.807, 2.05) is 29.2 Å². The molecular weight excluding hydrogens is 334 g/mol. The molecule has 0 radical (unpaired) electrons. The Balaban J connectivity index is 1.74. The molecule has 4 nitrogen and oxygen atoms in total. The van der Waals surface area contributed by atoms with Gasteiger partial charge in [-0.05, 0) is 44.0 Å². The van der Waals surface area contributed by atoms with Gasteiger partial charge < -0.3 is 9.47 Å². The van der Waals surface area contributed by atoms with E-state index in [2.05, 4.69) is 50.1 Å². The van der Waals surface area contributed by atoms with Crippen LogP contribution in [0.25, 0.3) is 11.0 Å². The number of amides is 1. The molecule has 1 fully saturated rings. The Bertz CT molecular complexity index is 1020. The van der Waals surface area contributed by atoms with Gasteiger partial charge >= 0.3 is 0 Å². The van der Waals surface area contributed by atoms with Crippen LogP contribution in [-0.4, -0.2) is 22.0 Å². The van der Waals surface area contributed by atoms with E-state index in [-0.39, 0.29) is 11.8 Å². The maximum atomic E-state index is 12.9. The molecular formula is C23H25N3O. The zero-order chi connectivity index (χ0) is 19.1. The van der Waals surface area contributed by atoms with Gasteiger partial charge in [0.1, 0.15) is 5.82 Å². The van der Waals surface area contributed by atoms with Crippen molar-refractivity contribution < 1.29 is 4.79 Å². The summed E-state index contributed by atoms with van der Waals surface area (Å²) in [7, 11) is 0. The van der Waals surface area contributed by atoms with Crippen molar-refractivity contribution in [3.05, 3.63) is 71.6 Å². The van der Waals surface area contributed by atoms with Gasteiger partial charge in [-0.15, -0.1) is 6.58 Å². The highest BCUT2D eigenvalue weighted by atomic mass is 16.2. The number of aromatic nitrogens is 2. The summed E-state index contributed by atoms with van der Waals surface area (Å²) in [6, 6.07) is 12.4. The van der Waals surface area contributed by atoms with Crippen molar-refractivity contribution in [3.8, 4) is 0 Å². The number of hydrogen-bond donors (Lipinski definition) is 0.